The van der Waals surface area contributed by atoms with Crippen LogP contribution in [0.5, 0.6) is 0 Å². The maximum atomic E-state index is 6.22. The van der Waals surface area contributed by atoms with E-state index in [0.717, 1.165) is 46.3 Å². The largest absolute Gasteiger partial charge is 0.423 e. The Morgan fingerprint density at radius 2 is 2.09 bits per heavy atom. The van der Waals surface area contributed by atoms with Gasteiger partial charge in [-0.2, -0.15) is 4.98 Å². The van der Waals surface area contributed by atoms with Crippen LogP contribution in [-0.2, 0) is 0 Å². The molecule has 0 saturated carbocycles. The molecular weight excluding hydrogens is 308 g/mol. The van der Waals surface area contributed by atoms with Gasteiger partial charge in [0.05, 0.1) is 5.56 Å². The summed E-state index contributed by atoms with van der Waals surface area (Å²) < 4.78 is 6.22. The lowest BCUT2D eigenvalue weighted by atomic mass is 10.1. The Hall–Kier alpha value is -1.92. The number of benzene rings is 1. The molecule has 23 heavy (non-hydrogen) atoms. The zero-order valence-electron chi connectivity index (χ0n) is 13.0. The van der Waals surface area contributed by atoms with E-state index in [1.165, 1.54) is 12.8 Å². The van der Waals surface area contributed by atoms with Crippen LogP contribution >= 0.6 is 11.3 Å². The molecule has 6 heteroatoms. The van der Waals surface area contributed by atoms with E-state index in [0.29, 0.717) is 12.1 Å². The quantitative estimate of drug-likeness (QED) is 0.784. The third-order valence-corrected chi connectivity index (χ3v) is 5.69. The second-order valence-corrected chi connectivity index (χ2v) is 7.38. The SMILES string of the molecule is Cc1ccc(-c2nccs2)c2oc(N3CC4CCC(C3)N4)nc12. The highest BCUT2D eigenvalue weighted by Gasteiger charge is 2.34. The van der Waals surface area contributed by atoms with Gasteiger partial charge in [-0.1, -0.05) is 6.07 Å². The van der Waals surface area contributed by atoms with E-state index in [1.54, 1.807) is 11.3 Å². The molecule has 4 heterocycles. The smallest absolute Gasteiger partial charge is 0.298 e. The number of nitrogens with zero attached hydrogens (tertiary/aromatic N) is 3. The van der Waals surface area contributed by atoms with Crippen molar-refractivity contribution in [2.45, 2.75) is 31.8 Å². The number of fused-ring (bicyclic) bond motifs is 3. The van der Waals surface area contributed by atoms with Crippen molar-refractivity contribution < 1.29 is 4.42 Å². The average molecular weight is 326 g/mol. The highest BCUT2D eigenvalue weighted by Crippen LogP contribution is 2.35. The van der Waals surface area contributed by atoms with Crippen LogP contribution in [0.4, 0.5) is 6.01 Å². The molecule has 2 saturated heterocycles. The molecule has 0 amide bonds. The molecule has 2 unspecified atom stereocenters. The first-order valence-corrected chi connectivity index (χ1v) is 8.97. The fraction of sp³-hybridized carbons (Fsp3) is 0.412. The molecule has 118 valence electrons. The van der Waals surface area contributed by atoms with Gasteiger partial charge in [-0.25, -0.2) is 4.98 Å². The number of hydrogen-bond acceptors (Lipinski definition) is 6. The number of nitrogens with one attached hydrogen (secondary N) is 1. The van der Waals surface area contributed by atoms with Crippen molar-refractivity contribution in [2.24, 2.45) is 0 Å². The fourth-order valence-electron chi connectivity index (χ4n) is 3.73. The molecule has 0 aliphatic carbocycles. The van der Waals surface area contributed by atoms with E-state index < -0.39 is 0 Å². The number of oxazole rings is 1. The number of thiazole rings is 1. The van der Waals surface area contributed by atoms with Crippen LogP contribution in [0.2, 0.25) is 0 Å². The second-order valence-electron chi connectivity index (χ2n) is 6.48. The van der Waals surface area contributed by atoms with Crippen LogP contribution in [0.3, 0.4) is 0 Å². The van der Waals surface area contributed by atoms with Crippen molar-refractivity contribution in [2.75, 3.05) is 18.0 Å². The summed E-state index contributed by atoms with van der Waals surface area (Å²) in [5.41, 5.74) is 4.00. The predicted molar refractivity (Wildman–Crippen MR) is 92.0 cm³/mol. The van der Waals surface area contributed by atoms with Crippen LogP contribution in [-0.4, -0.2) is 35.1 Å². The molecule has 2 aliphatic heterocycles. The van der Waals surface area contributed by atoms with Gasteiger partial charge in [-0.05, 0) is 31.4 Å². The molecule has 2 bridgehead atoms. The Labute approximate surface area is 138 Å². The topological polar surface area (TPSA) is 54.2 Å². The standard InChI is InChI=1S/C17H18N4OS/c1-10-2-5-13(16-18-6-7-23-16)15-14(10)20-17(22-15)21-8-11-3-4-12(9-21)19-11/h2,5-7,11-12,19H,3-4,8-9H2,1H3. The Balaban J connectivity index is 1.61. The molecule has 1 aromatic carbocycles. The van der Waals surface area contributed by atoms with Crippen molar-refractivity contribution in [1.82, 2.24) is 15.3 Å². The number of hydrogen-bond donors (Lipinski definition) is 1. The van der Waals surface area contributed by atoms with E-state index in [4.69, 9.17) is 9.40 Å². The molecule has 2 aromatic heterocycles. The minimum Gasteiger partial charge on any atom is -0.423 e. The van der Waals surface area contributed by atoms with E-state index in [1.807, 2.05) is 11.6 Å². The van der Waals surface area contributed by atoms with E-state index in [-0.39, 0.29) is 0 Å². The first kappa shape index (κ1) is 13.5. The van der Waals surface area contributed by atoms with Gasteiger partial charge < -0.3 is 14.6 Å². The summed E-state index contributed by atoms with van der Waals surface area (Å²) in [5.74, 6) is 0. The summed E-state index contributed by atoms with van der Waals surface area (Å²) in [5, 5.41) is 6.63. The van der Waals surface area contributed by atoms with E-state index in [9.17, 15) is 0 Å². The number of piperazine rings is 1. The molecule has 0 radical (unpaired) electrons. The summed E-state index contributed by atoms with van der Waals surface area (Å²) in [4.78, 5) is 11.5. The van der Waals surface area contributed by atoms with Gasteiger partial charge in [0, 0.05) is 36.8 Å². The molecule has 1 N–H and O–H groups in total. The van der Waals surface area contributed by atoms with Crippen molar-refractivity contribution in [3.8, 4) is 10.6 Å². The number of aromatic nitrogens is 2. The van der Waals surface area contributed by atoms with Crippen LogP contribution in [0.1, 0.15) is 18.4 Å². The summed E-state index contributed by atoms with van der Waals surface area (Å²) in [6.45, 7) is 4.05. The Kier molecular flexibility index (Phi) is 2.96. The van der Waals surface area contributed by atoms with Gasteiger partial charge in [0.15, 0.2) is 5.58 Å². The van der Waals surface area contributed by atoms with Crippen LogP contribution in [0.15, 0.2) is 28.1 Å². The lowest BCUT2D eigenvalue weighted by Crippen LogP contribution is -2.51. The molecular formula is C17H18N4OS. The third-order valence-electron chi connectivity index (χ3n) is 4.88. The van der Waals surface area contributed by atoms with E-state index >= 15 is 0 Å². The molecule has 3 aromatic rings. The number of aryl methyl sites for hydroxylation is 1. The molecule has 0 spiro atoms. The van der Waals surface area contributed by atoms with Crippen molar-refractivity contribution in [1.29, 1.82) is 0 Å². The minimum atomic E-state index is 0.572. The molecule has 2 aliphatic rings. The van der Waals surface area contributed by atoms with Gasteiger partial charge in [-0.3, -0.25) is 0 Å². The maximum absolute atomic E-state index is 6.22. The Morgan fingerprint density at radius 1 is 1.26 bits per heavy atom. The predicted octanol–water partition coefficient (Wildman–Crippen LogP) is 3.20. The van der Waals surface area contributed by atoms with Crippen molar-refractivity contribution in [3.05, 3.63) is 29.3 Å². The summed E-state index contributed by atoms with van der Waals surface area (Å²) in [6, 6.07) is 6.09. The zero-order chi connectivity index (χ0) is 15.4. The van der Waals surface area contributed by atoms with Gasteiger partial charge in [0.1, 0.15) is 10.5 Å². The fourth-order valence-corrected chi connectivity index (χ4v) is 4.39. The summed E-state index contributed by atoms with van der Waals surface area (Å²) in [6.07, 6.45) is 4.34. The van der Waals surface area contributed by atoms with Gasteiger partial charge in [0.2, 0.25) is 0 Å². The van der Waals surface area contributed by atoms with Gasteiger partial charge in [-0.15, -0.1) is 11.3 Å². The van der Waals surface area contributed by atoms with Crippen LogP contribution in [0.25, 0.3) is 21.7 Å². The lowest BCUT2D eigenvalue weighted by molar-refractivity contribution is 0.437. The molecule has 5 rings (SSSR count). The number of anilines is 1. The summed E-state index contributed by atoms with van der Waals surface area (Å²) >= 11 is 1.63. The average Bonchev–Trinajstić information content (AvgIpc) is 3.28. The lowest BCUT2D eigenvalue weighted by Gasteiger charge is -2.31. The third kappa shape index (κ3) is 2.16. The minimum absolute atomic E-state index is 0.572. The Morgan fingerprint density at radius 3 is 2.83 bits per heavy atom. The highest BCUT2D eigenvalue weighted by molar-refractivity contribution is 7.13. The molecule has 2 atom stereocenters. The van der Waals surface area contributed by atoms with Crippen LogP contribution < -0.4 is 10.2 Å². The monoisotopic (exact) mass is 326 g/mol. The van der Waals surface area contributed by atoms with E-state index in [2.05, 4.69) is 34.3 Å². The Bertz CT molecular complexity index is 845. The number of rotatable bonds is 2. The first-order valence-electron chi connectivity index (χ1n) is 8.09. The molecule has 2 fully saturated rings. The van der Waals surface area contributed by atoms with Gasteiger partial charge >= 0.3 is 0 Å². The summed E-state index contributed by atoms with van der Waals surface area (Å²) in [7, 11) is 0. The van der Waals surface area contributed by atoms with Crippen molar-refractivity contribution >= 4 is 28.5 Å². The normalized spacial score (nSPS) is 23.8. The zero-order valence-corrected chi connectivity index (χ0v) is 13.8. The van der Waals surface area contributed by atoms with Crippen molar-refractivity contribution in [3.63, 3.8) is 0 Å². The molecule has 5 nitrogen and oxygen atoms in total. The second kappa shape index (κ2) is 5.04. The van der Waals surface area contributed by atoms with Gasteiger partial charge in [0.25, 0.3) is 6.01 Å². The highest BCUT2D eigenvalue weighted by atomic mass is 32.1. The maximum Gasteiger partial charge on any atom is 0.298 e. The van der Waals surface area contributed by atoms with Crippen LogP contribution in [0, 0.1) is 6.92 Å². The first-order chi connectivity index (χ1) is 11.3.